The third kappa shape index (κ3) is 5.48. The summed E-state index contributed by atoms with van der Waals surface area (Å²) >= 11 is 0. The predicted octanol–water partition coefficient (Wildman–Crippen LogP) is 2.97. The Morgan fingerprint density at radius 2 is 2.05 bits per heavy atom. The van der Waals surface area contributed by atoms with Gasteiger partial charge in [-0.2, -0.15) is 0 Å². The number of hydrogen-bond donors (Lipinski definition) is 2. The van der Waals surface area contributed by atoms with Crippen LogP contribution in [0, 0.1) is 0 Å². The van der Waals surface area contributed by atoms with Crippen LogP contribution >= 0.6 is 0 Å². The van der Waals surface area contributed by atoms with Crippen molar-refractivity contribution in [2.75, 3.05) is 12.4 Å². The second-order valence-electron chi connectivity index (χ2n) is 5.71. The van der Waals surface area contributed by atoms with Crippen LogP contribution in [0.25, 0.3) is 0 Å². The molecule has 0 unspecified atom stereocenters. The molecule has 2 N–H and O–H groups in total. The lowest BCUT2D eigenvalue weighted by Crippen LogP contribution is -2.27. The molecule has 1 amide bonds. The zero-order chi connectivity index (χ0) is 15.3. The van der Waals surface area contributed by atoms with Crippen molar-refractivity contribution in [2.24, 2.45) is 0 Å². The molecule has 1 rings (SSSR count). The van der Waals surface area contributed by atoms with Gasteiger partial charge in [-0.25, -0.2) is 4.79 Å². The molecule has 0 aromatic heterocycles. The van der Waals surface area contributed by atoms with Crippen molar-refractivity contribution in [1.82, 2.24) is 0 Å². The first-order valence-electron chi connectivity index (χ1n) is 6.56. The van der Waals surface area contributed by atoms with Crippen molar-refractivity contribution in [1.29, 1.82) is 0 Å². The van der Waals surface area contributed by atoms with Gasteiger partial charge in [-0.15, -0.1) is 0 Å². The zero-order valence-electron chi connectivity index (χ0n) is 12.7. The summed E-state index contributed by atoms with van der Waals surface area (Å²) in [5.74, 6) is 0.624. The third-order valence-corrected chi connectivity index (χ3v) is 2.45. The summed E-state index contributed by atoms with van der Waals surface area (Å²) in [4.78, 5) is 11.7. The molecular formula is C15H23NO4. The van der Waals surface area contributed by atoms with Crippen LogP contribution in [0.3, 0.4) is 0 Å². The number of nitrogens with one attached hydrogen (secondary N) is 1. The Hall–Kier alpha value is -1.75. The molecule has 0 saturated heterocycles. The first-order valence-corrected chi connectivity index (χ1v) is 6.56. The van der Waals surface area contributed by atoms with Gasteiger partial charge in [0.2, 0.25) is 0 Å². The highest BCUT2D eigenvalue weighted by molar-refractivity contribution is 5.85. The molecule has 1 atom stereocenters. The molecule has 0 aliphatic carbocycles. The third-order valence-electron chi connectivity index (χ3n) is 2.45. The molecule has 1 aromatic rings. The van der Waals surface area contributed by atoms with Crippen LogP contribution in [-0.2, 0) is 11.2 Å². The van der Waals surface area contributed by atoms with Crippen LogP contribution in [-0.4, -0.2) is 30.0 Å². The van der Waals surface area contributed by atoms with E-state index in [2.05, 4.69) is 5.32 Å². The average Bonchev–Trinajstić information content (AvgIpc) is 2.27. The van der Waals surface area contributed by atoms with Gasteiger partial charge < -0.3 is 14.6 Å². The quantitative estimate of drug-likeness (QED) is 0.890. The monoisotopic (exact) mass is 281 g/mol. The molecule has 0 bridgehead atoms. The molecule has 0 aliphatic rings. The Morgan fingerprint density at radius 1 is 1.40 bits per heavy atom. The number of hydrogen-bond acceptors (Lipinski definition) is 4. The summed E-state index contributed by atoms with van der Waals surface area (Å²) in [6, 6.07) is 5.28. The lowest BCUT2D eigenvalue weighted by molar-refractivity contribution is 0.0636. The van der Waals surface area contributed by atoms with Crippen molar-refractivity contribution < 1.29 is 19.4 Å². The number of anilines is 1. The lowest BCUT2D eigenvalue weighted by atomic mass is 10.1. The van der Waals surface area contributed by atoms with Crippen LogP contribution in [0.15, 0.2) is 18.2 Å². The minimum Gasteiger partial charge on any atom is -0.496 e. The van der Waals surface area contributed by atoms with Crippen molar-refractivity contribution >= 4 is 11.8 Å². The Kier molecular flexibility index (Phi) is 5.39. The maximum Gasteiger partial charge on any atom is 0.412 e. The van der Waals surface area contributed by atoms with Crippen molar-refractivity contribution in [3.05, 3.63) is 23.8 Å². The number of amides is 1. The number of carbonyl (C=O) groups excluding carboxylic acids is 1. The zero-order valence-corrected chi connectivity index (χ0v) is 12.7. The molecule has 5 heteroatoms. The summed E-state index contributed by atoms with van der Waals surface area (Å²) in [5.41, 5.74) is 0.933. The second kappa shape index (κ2) is 6.61. The number of rotatable bonds is 4. The molecule has 0 radical (unpaired) electrons. The summed E-state index contributed by atoms with van der Waals surface area (Å²) in [7, 11) is 1.55. The standard InChI is InChI=1S/C15H23NO4/c1-10(17)8-11-6-7-12(9-13(11)19-5)16-14(18)20-15(2,3)4/h6-7,9-10,17H,8H2,1-5H3,(H,16,18)/t10-/m1/s1. The van der Waals surface area contributed by atoms with E-state index < -0.39 is 17.8 Å². The molecule has 0 spiro atoms. The highest BCUT2D eigenvalue weighted by atomic mass is 16.6. The van der Waals surface area contributed by atoms with E-state index in [0.29, 0.717) is 17.9 Å². The normalized spacial score (nSPS) is 12.7. The van der Waals surface area contributed by atoms with E-state index >= 15 is 0 Å². The number of aliphatic hydroxyl groups excluding tert-OH is 1. The number of ether oxygens (including phenoxy) is 2. The SMILES string of the molecule is COc1cc(NC(=O)OC(C)(C)C)ccc1C[C@@H](C)O. The minimum atomic E-state index is -0.541. The molecule has 0 aliphatic heterocycles. The van der Waals surface area contributed by atoms with Crippen LogP contribution in [0.4, 0.5) is 10.5 Å². The molecule has 1 aromatic carbocycles. The highest BCUT2D eigenvalue weighted by Crippen LogP contribution is 2.25. The molecule has 0 saturated carbocycles. The van der Waals surface area contributed by atoms with E-state index in [0.717, 1.165) is 5.56 Å². The fourth-order valence-electron chi connectivity index (χ4n) is 1.73. The van der Waals surface area contributed by atoms with Crippen LogP contribution in [0.1, 0.15) is 33.3 Å². The van der Waals surface area contributed by atoms with Gasteiger partial charge in [0.25, 0.3) is 0 Å². The fraction of sp³-hybridized carbons (Fsp3) is 0.533. The minimum absolute atomic E-state index is 0.450. The van der Waals surface area contributed by atoms with Gasteiger partial charge in [0.15, 0.2) is 0 Å². The van der Waals surface area contributed by atoms with Gasteiger partial charge in [-0.3, -0.25) is 5.32 Å². The molecule has 5 nitrogen and oxygen atoms in total. The molecule has 20 heavy (non-hydrogen) atoms. The summed E-state index contributed by atoms with van der Waals surface area (Å²) in [6.45, 7) is 7.13. The highest BCUT2D eigenvalue weighted by Gasteiger charge is 2.16. The van der Waals surface area contributed by atoms with Gasteiger partial charge in [-0.1, -0.05) is 6.07 Å². The van der Waals surface area contributed by atoms with Gasteiger partial charge in [0.1, 0.15) is 11.4 Å². The summed E-state index contributed by atoms with van der Waals surface area (Å²) < 4.78 is 10.4. The summed E-state index contributed by atoms with van der Waals surface area (Å²) in [5, 5.41) is 12.1. The molecule has 0 fully saturated rings. The Labute approximate surface area is 119 Å². The smallest absolute Gasteiger partial charge is 0.412 e. The van der Waals surface area contributed by atoms with Gasteiger partial charge >= 0.3 is 6.09 Å². The number of benzene rings is 1. The fourth-order valence-corrected chi connectivity index (χ4v) is 1.73. The van der Waals surface area contributed by atoms with Crippen LogP contribution < -0.4 is 10.1 Å². The van der Waals surface area contributed by atoms with E-state index in [-0.39, 0.29) is 0 Å². The van der Waals surface area contributed by atoms with Gasteiger partial charge in [-0.05, 0) is 39.3 Å². The van der Waals surface area contributed by atoms with Crippen molar-refractivity contribution in [2.45, 2.75) is 45.8 Å². The van der Waals surface area contributed by atoms with E-state index in [4.69, 9.17) is 9.47 Å². The van der Waals surface area contributed by atoms with Gasteiger partial charge in [0, 0.05) is 18.2 Å². The second-order valence-corrected chi connectivity index (χ2v) is 5.71. The molecule has 0 heterocycles. The summed E-state index contributed by atoms with van der Waals surface area (Å²) in [6.07, 6.45) is -0.466. The van der Waals surface area contributed by atoms with Crippen LogP contribution in [0.5, 0.6) is 5.75 Å². The van der Waals surface area contributed by atoms with E-state index in [9.17, 15) is 9.90 Å². The average molecular weight is 281 g/mol. The Morgan fingerprint density at radius 3 is 2.55 bits per heavy atom. The van der Waals surface area contributed by atoms with E-state index in [1.807, 2.05) is 6.07 Å². The maximum absolute atomic E-state index is 11.7. The molecular weight excluding hydrogens is 258 g/mol. The maximum atomic E-state index is 11.7. The van der Waals surface area contributed by atoms with Crippen molar-refractivity contribution in [3.8, 4) is 5.75 Å². The largest absolute Gasteiger partial charge is 0.496 e. The molecule has 112 valence electrons. The lowest BCUT2D eigenvalue weighted by Gasteiger charge is -2.20. The topological polar surface area (TPSA) is 67.8 Å². The number of carbonyl (C=O) groups is 1. The van der Waals surface area contributed by atoms with E-state index in [1.54, 1.807) is 46.9 Å². The Bertz CT molecular complexity index is 463. The number of aliphatic hydroxyl groups is 1. The van der Waals surface area contributed by atoms with Crippen LogP contribution in [0.2, 0.25) is 0 Å². The predicted molar refractivity (Wildman–Crippen MR) is 78.2 cm³/mol. The number of methoxy groups -OCH3 is 1. The van der Waals surface area contributed by atoms with Gasteiger partial charge in [0.05, 0.1) is 13.2 Å². The first-order chi connectivity index (χ1) is 9.21. The Balaban J connectivity index is 2.80. The van der Waals surface area contributed by atoms with Crippen molar-refractivity contribution in [3.63, 3.8) is 0 Å². The first kappa shape index (κ1) is 16.3. The van der Waals surface area contributed by atoms with E-state index in [1.165, 1.54) is 0 Å².